The number of carboxylic acid groups (broad SMARTS) is 1. The number of aromatic carboxylic acids is 1. The van der Waals surface area contributed by atoms with E-state index in [1.54, 1.807) is 13.0 Å². The highest BCUT2D eigenvalue weighted by atomic mass is 16.5. The van der Waals surface area contributed by atoms with E-state index in [0.717, 1.165) is 13.0 Å². The van der Waals surface area contributed by atoms with E-state index in [1.807, 2.05) is 0 Å². The molecule has 0 aliphatic heterocycles. The van der Waals surface area contributed by atoms with Crippen LogP contribution in [0.2, 0.25) is 0 Å². The maximum absolute atomic E-state index is 10.9. The largest absolute Gasteiger partial charge is 0.478 e. The highest BCUT2D eigenvalue weighted by molar-refractivity contribution is 5.88. The van der Waals surface area contributed by atoms with Crippen molar-refractivity contribution < 1.29 is 14.6 Å². The molecular formula is C14H22N2O3. The summed E-state index contributed by atoms with van der Waals surface area (Å²) < 4.78 is 5.47. The van der Waals surface area contributed by atoms with Crippen molar-refractivity contribution in [2.45, 2.75) is 27.2 Å². The molecule has 0 atom stereocenters. The lowest BCUT2D eigenvalue weighted by Gasteiger charge is -2.09. The van der Waals surface area contributed by atoms with Crippen molar-refractivity contribution in [3.63, 3.8) is 0 Å². The fraction of sp³-hybridized carbons (Fsp3) is 0.571. The standard InChI is InChI=1S/C14H22N2O3/c1-10(2)4-6-19-7-5-15-13-9-12(14(17)18)8-11(3)16-13/h8-10H,4-7H2,1-3H3,(H,15,16)(H,17,18). The van der Waals surface area contributed by atoms with E-state index in [9.17, 15) is 4.79 Å². The number of hydrogen-bond acceptors (Lipinski definition) is 4. The van der Waals surface area contributed by atoms with E-state index < -0.39 is 5.97 Å². The molecule has 0 aliphatic rings. The summed E-state index contributed by atoms with van der Waals surface area (Å²) in [5.74, 6) is 0.274. The van der Waals surface area contributed by atoms with Crippen LogP contribution in [0, 0.1) is 12.8 Å². The monoisotopic (exact) mass is 266 g/mol. The summed E-state index contributed by atoms with van der Waals surface area (Å²) in [7, 11) is 0. The number of rotatable bonds is 8. The number of carbonyl (C=O) groups is 1. The Morgan fingerprint density at radius 3 is 2.79 bits per heavy atom. The maximum Gasteiger partial charge on any atom is 0.335 e. The molecule has 1 rings (SSSR count). The molecule has 5 nitrogen and oxygen atoms in total. The average Bonchev–Trinajstić information content (AvgIpc) is 2.32. The van der Waals surface area contributed by atoms with Crippen molar-refractivity contribution in [1.29, 1.82) is 0 Å². The molecule has 0 amide bonds. The molecule has 0 fully saturated rings. The summed E-state index contributed by atoms with van der Waals surface area (Å²) in [5, 5.41) is 12.0. The third kappa shape index (κ3) is 6.20. The van der Waals surface area contributed by atoms with Gasteiger partial charge in [0.15, 0.2) is 0 Å². The van der Waals surface area contributed by atoms with Crippen LogP contribution in [0.3, 0.4) is 0 Å². The molecule has 1 heterocycles. The molecule has 0 aromatic carbocycles. The first kappa shape index (κ1) is 15.4. The Kier molecular flexibility index (Phi) is 6.29. The zero-order valence-corrected chi connectivity index (χ0v) is 11.8. The minimum absolute atomic E-state index is 0.246. The van der Waals surface area contributed by atoms with Gasteiger partial charge in [0.1, 0.15) is 5.82 Å². The molecule has 0 spiro atoms. The zero-order valence-electron chi connectivity index (χ0n) is 11.8. The van der Waals surface area contributed by atoms with Gasteiger partial charge in [-0.25, -0.2) is 9.78 Å². The molecule has 0 radical (unpaired) electrons. The molecule has 0 aliphatic carbocycles. The van der Waals surface area contributed by atoms with Crippen LogP contribution in [0.1, 0.15) is 36.3 Å². The summed E-state index contributed by atoms with van der Waals surface area (Å²) in [6, 6.07) is 3.08. The van der Waals surface area contributed by atoms with Crippen molar-refractivity contribution in [2.24, 2.45) is 5.92 Å². The number of aromatic nitrogens is 1. The molecule has 19 heavy (non-hydrogen) atoms. The van der Waals surface area contributed by atoms with Gasteiger partial charge in [-0.05, 0) is 31.4 Å². The number of carboxylic acids is 1. The predicted molar refractivity (Wildman–Crippen MR) is 74.7 cm³/mol. The van der Waals surface area contributed by atoms with Gasteiger partial charge >= 0.3 is 5.97 Å². The van der Waals surface area contributed by atoms with Gasteiger partial charge in [0.05, 0.1) is 12.2 Å². The first-order valence-electron chi connectivity index (χ1n) is 6.52. The Morgan fingerprint density at radius 1 is 1.42 bits per heavy atom. The molecule has 106 valence electrons. The van der Waals surface area contributed by atoms with E-state index in [0.29, 0.717) is 30.6 Å². The Hall–Kier alpha value is -1.62. The van der Waals surface area contributed by atoms with E-state index in [4.69, 9.17) is 9.84 Å². The molecule has 2 N–H and O–H groups in total. The van der Waals surface area contributed by atoms with Gasteiger partial charge < -0.3 is 15.2 Å². The molecule has 0 saturated heterocycles. The second kappa shape index (κ2) is 7.74. The number of aryl methyl sites for hydroxylation is 1. The average molecular weight is 266 g/mol. The number of pyridine rings is 1. The molecular weight excluding hydrogens is 244 g/mol. The lowest BCUT2D eigenvalue weighted by atomic mass is 10.1. The zero-order chi connectivity index (χ0) is 14.3. The fourth-order valence-corrected chi connectivity index (χ4v) is 1.55. The summed E-state index contributed by atoms with van der Waals surface area (Å²) in [4.78, 5) is 15.1. The topological polar surface area (TPSA) is 71.5 Å². The van der Waals surface area contributed by atoms with E-state index >= 15 is 0 Å². The molecule has 1 aromatic heterocycles. The van der Waals surface area contributed by atoms with Crippen LogP contribution in [-0.2, 0) is 4.74 Å². The lowest BCUT2D eigenvalue weighted by Crippen LogP contribution is -2.12. The highest BCUT2D eigenvalue weighted by Crippen LogP contribution is 2.10. The van der Waals surface area contributed by atoms with Crippen molar-refractivity contribution in [3.05, 3.63) is 23.4 Å². The summed E-state index contributed by atoms with van der Waals surface area (Å²) in [5.41, 5.74) is 0.929. The third-order valence-corrected chi connectivity index (χ3v) is 2.59. The summed E-state index contributed by atoms with van der Waals surface area (Å²) in [6.45, 7) is 8.05. The smallest absolute Gasteiger partial charge is 0.335 e. The van der Waals surface area contributed by atoms with Crippen LogP contribution in [0.15, 0.2) is 12.1 Å². The van der Waals surface area contributed by atoms with Crippen molar-refractivity contribution in [1.82, 2.24) is 4.98 Å². The van der Waals surface area contributed by atoms with Gasteiger partial charge in [0, 0.05) is 18.8 Å². The van der Waals surface area contributed by atoms with E-state index in [2.05, 4.69) is 24.1 Å². The SMILES string of the molecule is Cc1cc(C(=O)O)cc(NCCOCCC(C)C)n1. The Morgan fingerprint density at radius 2 is 2.16 bits per heavy atom. The fourth-order valence-electron chi connectivity index (χ4n) is 1.55. The van der Waals surface area contributed by atoms with Crippen LogP contribution in [-0.4, -0.2) is 35.8 Å². The van der Waals surface area contributed by atoms with Gasteiger partial charge in [0.2, 0.25) is 0 Å². The Labute approximate surface area is 114 Å². The molecule has 0 unspecified atom stereocenters. The van der Waals surface area contributed by atoms with E-state index in [-0.39, 0.29) is 5.56 Å². The van der Waals surface area contributed by atoms with Crippen LogP contribution >= 0.6 is 0 Å². The first-order chi connectivity index (χ1) is 8.99. The normalized spacial score (nSPS) is 10.7. The second-order valence-corrected chi connectivity index (χ2v) is 4.91. The molecule has 5 heteroatoms. The highest BCUT2D eigenvalue weighted by Gasteiger charge is 2.06. The predicted octanol–water partition coefficient (Wildman–Crippen LogP) is 2.56. The first-order valence-corrected chi connectivity index (χ1v) is 6.52. The molecule has 1 aromatic rings. The number of anilines is 1. The second-order valence-electron chi connectivity index (χ2n) is 4.91. The lowest BCUT2D eigenvalue weighted by molar-refractivity contribution is 0.0696. The third-order valence-electron chi connectivity index (χ3n) is 2.59. The summed E-state index contributed by atoms with van der Waals surface area (Å²) in [6.07, 6.45) is 1.05. The van der Waals surface area contributed by atoms with Crippen LogP contribution in [0.25, 0.3) is 0 Å². The number of ether oxygens (including phenoxy) is 1. The van der Waals surface area contributed by atoms with Crippen molar-refractivity contribution in [3.8, 4) is 0 Å². The van der Waals surface area contributed by atoms with Gasteiger partial charge in [-0.3, -0.25) is 0 Å². The Balaban J connectivity index is 2.35. The quantitative estimate of drug-likeness (QED) is 0.708. The van der Waals surface area contributed by atoms with Gasteiger partial charge in [-0.15, -0.1) is 0 Å². The number of nitrogens with zero attached hydrogens (tertiary/aromatic N) is 1. The van der Waals surface area contributed by atoms with Crippen molar-refractivity contribution >= 4 is 11.8 Å². The van der Waals surface area contributed by atoms with E-state index in [1.165, 1.54) is 6.07 Å². The van der Waals surface area contributed by atoms with Crippen LogP contribution in [0.5, 0.6) is 0 Å². The minimum Gasteiger partial charge on any atom is -0.478 e. The Bertz CT molecular complexity index is 419. The van der Waals surface area contributed by atoms with Gasteiger partial charge in [0.25, 0.3) is 0 Å². The van der Waals surface area contributed by atoms with Crippen molar-refractivity contribution in [2.75, 3.05) is 25.1 Å². The summed E-state index contributed by atoms with van der Waals surface area (Å²) >= 11 is 0. The van der Waals surface area contributed by atoms with Gasteiger partial charge in [-0.2, -0.15) is 0 Å². The van der Waals surface area contributed by atoms with Crippen LogP contribution < -0.4 is 5.32 Å². The number of hydrogen-bond donors (Lipinski definition) is 2. The minimum atomic E-state index is -0.943. The number of nitrogens with one attached hydrogen (secondary N) is 1. The molecule has 0 bridgehead atoms. The molecule has 0 saturated carbocycles. The maximum atomic E-state index is 10.9. The van der Waals surface area contributed by atoms with Crippen LogP contribution in [0.4, 0.5) is 5.82 Å². The van der Waals surface area contributed by atoms with Gasteiger partial charge in [-0.1, -0.05) is 13.8 Å².